The molecule has 4 rings (SSSR count). The lowest BCUT2D eigenvalue weighted by atomic mass is 9.97. The van der Waals surface area contributed by atoms with E-state index < -0.39 is 12.1 Å². The molecule has 2 aliphatic heterocycles. The van der Waals surface area contributed by atoms with Crippen LogP contribution in [0, 0.1) is 0 Å². The van der Waals surface area contributed by atoms with Gasteiger partial charge in [0, 0.05) is 0 Å². The molecule has 6 heteroatoms. The van der Waals surface area contributed by atoms with Crippen molar-refractivity contribution >= 4 is 11.8 Å². The van der Waals surface area contributed by atoms with Gasteiger partial charge in [-0.3, -0.25) is 9.59 Å². The molecule has 2 aromatic carbocycles. The summed E-state index contributed by atoms with van der Waals surface area (Å²) in [6.07, 6.45) is 0.161. The van der Waals surface area contributed by atoms with E-state index in [1.165, 1.54) is 0 Å². The number of para-hydroxylation sites is 1. The fourth-order valence-corrected chi connectivity index (χ4v) is 3.65. The van der Waals surface area contributed by atoms with Crippen molar-refractivity contribution in [1.82, 2.24) is 10.2 Å². The molecule has 0 saturated carbocycles. The van der Waals surface area contributed by atoms with Gasteiger partial charge in [-0.2, -0.15) is 0 Å². The number of carbonyl (C=O) groups is 2. The Kier molecular flexibility index (Phi) is 5.30. The van der Waals surface area contributed by atoms with Gasteiger partial charge in [-0.25, -0.2) is 0 Å². The Labute approximate surface area is 164 Å². The van der Waals surface area contributed by atoms with Crippen LogP contribution in [0.5, 0.6) is 5.75 Å². The molecule has 0 bridgehead atoms. The predicted octanol–water partition coefficient (Wildman–Crippen LogP) is 2.09. The molecule has 28 heavy (non-hydrogen) atoms. The molecular weight excluding hydrogens is 356 g/mol. The van der Waals surface area contributed by atoms with E-state index in [4.69, 9.17) is 9.47 Å². The minimum Gasteiger partial charge on any atom is -0.486 e. The minimum atomic E-state index is -0.719. The van der Waals surface area contributed by atoms with Gasteiger partial charge in [-0.05, 0) is 23.6 Å². The number of benzene rings is 2. The first-order chi connectivity index (χ1) is 13.7. The van der Waals surface area contributed by atoms with Crippen LogP contribution in [0.3, 0.4) is 0 Å². The third-order valence-electron chi connectivity index (χ3n) is 5.22. The fourth-order valence-electron chi connectivity index (χ4n) is 3.65. The number of hydrogen-bond donors (Lipinski definition) is 1. The van der Waals surface area contributed by atoms with Gasteiger partial charge < -0.3 is 19.7 Å². The molecule has 2 fully saturated rings. The average Bonchev–Trinajstić information content (AvgIpc) is 2.70. The average molecular weight is 380 g/mol. The second-order valence-corrected chi connectivity index (χ2v) is 7.13. The summed E-state index contributed by atoms with van der Waals surface area (Å²) < 4.78 is 11.7. The highest BCUT2D eigenvalue weighted by atomic mass is 16.5. The smallest absolute Gasteiger partial charge is 0.254 e. The molecule has 0 aliphatic carbocycles. The molecule has 6 nitrogen and oxygen atoms in total. The summed E-state index contributed by atoms with van der Waals surface area (Å²) in [5, 5.41) is 2.89. The number of ether oxygens (including phenoxy) is 2. The Morgan fingerprint density at radius 3 is 2.61 bits per heavy atom. The van der Waals surface area contributed by atoms with Crippen LogP contribution in [0.4, 0.5) is 0 Å². The molecule has 0 spiro atoms. The largest absolute Gasteiger partial charge is 0.486 e. The zero-order valence-electron chi connectivity index (χ0n) is 15.8. The number of hydrogen-bond acceptors (Lipinski definition) is 4. The first kappa shape index (κ1) is 18.5. The SMILES string of the molecule is CCc1ccccc1OC1CN(C(=O)[C@H]2OCC(=O)N[C@@H]2c2ccccc2)C1. The Morgan fingerprint density at radius 1 is 1.14 bits per heavy atom. The molecule has 146 valence electrons. The van der Waals surface area contributed by atoms with Gasteiger partial charge in [-0.15, -0.1) is 0 Å². The molecule has 0 unspecified atom stereocenters. The zero-order chi connectivity index (χ0) is 19.5. The number of nitrogens with zero attached hydrogens (tertiary/aromatic N) is 1. The van der Waals surface area contributed by atoms with Crippen LogP contribution in [-0.2, 0) is 20.7 Å². The van der Waals surface area contributed by atoms with Crippen molar-refractivity contribution in [3.05, 3.63) is 65.7 Å². The lowest BCUT2D eigenvalue weighted by molar-refractivity contribution is -0.162. The van der Waals surface area contributed by atoms with Crippen molar-refractivity contribution in [3.8, 4) is 5.75 Å². The van der Waals surface area contributed by atoms with E-state index in [1.807, 2.05) is 48.5 Å². The first-order valence-electron chi connectivity index (χ1n) is 9.65. The van der Waals surface area contributed by atoms with Gasteiger partial charge in [0.05, 0.1) is 19.1 Å². The summed E-state index contributed by atoms with van der Waals surface area (Å²) in [7, 11) is 0. The Balaban J connectivity index is 1.40. The Bertz CT molecular complexity index is 849. The maximum atomic E-state index is 13.0. The van der Waals surface area contributed by atoms with Gasteiger partial charge in [0.25, 0.3) is 5.91 Å². The summed E-state index contributed by atoms with van der Waals surface area (Å²) >= 11 is 0. The molecule has 0 aromatic heterocycles. The molecule has 0 radical (unpaired) electrons. The number of likely N-dealkylation sites (tertiary alicyclic amines) is 1. The van der Waals surface area contributed by atoms with Crippen molar-refractivity contribution in [3.63, 3.8) is 0 Å². The summed E-state index contributed by atoms with van der Waals surface area (Å²) in [4.78, 5) is 26.5. The topological polar surface area (TPSA) is 67.9 Å². The number of carbonyl (C=O) groups excluding carboxylic acids is 2. The number of aryl methyl sites for hydroxylation is 1. The van der Waals surface area contributed by atoms with Crippen molar-refractivity contribution in [2.75, 3.05) is 19.7 Å². The molecule has 2 atom stereocenters. The van der Waals surface area contributed by atoms with E-state index in [9.17, 15) is 9.59 Å². The van der Waals surface area contributed by atoms with Crippen LogP contribution in [0.2, 0.25) is 0 Å². The van der Waals surface area contributed by atoms with Crippen molar-refractivity contribution in [1.29, 1.82) is 0 Å². The van der Waals surface area contributed by atoms with Crippen LogP contribution in [-0.4, -0.2) is 48.6 Å². The van der Waals surface area contributed by atoms with E-state index >= 15 is 0 Å². The predicted molar refractivity (Wildman–Crippen MR) is 104 cm³/mol. The van der Waals surface area contributed by atoms with E-state index in [2.05, 4.69) is 18.3 Å². The molecule has 1 N–H and O–H groups in total. The van der Waals surface area contributed by atoms with Crippen LogP contribution < -0.4 is 10.1 Å². The molecule has 2 aliphatic rings. The van der Waals surface area contributed by atoms with Crippen LogP contribution in [0.25, 0.3) is 0 Å². The highest BCUT2D eigenvalue weighted by Gasteiger charge is 2.42. The third-order valence-corrected chi connectivity index (χ3v) is 5.22. The maximum absolute atomic E-state index is 13.0. The first-order valence-corrected chi connectivity index (χ1v) is 9.65. The zero-order valence-corrected chi connectivity index (χ0v) is 15.8. The van der Waals surface area contributed by atoms with E-state index in [0.717, 1.165) is 23.3 Å². The monoisotopic (exact) mass is 380 g/mol. The van der Waals surface area contributed by atoms with Gasteiger partial charge in [0.2, 0.25) is 5.91 Å². The van der Waals surface area contributed by atoms with Gasteiger partial charge >= 0.3 is 0 Å². The fraction of sp³-hybridized carbons (Fsp3) is 0.364. The second kappa shape index (κ2) is 8.02. The number of amides is 2. The molecular formula is C22H24N2O4. The summed E-state index contributed by atoms with van der Waals surface area (Å²) in [6.45, 7) is 3.03. The second-order valence-electron chi connectivity index (χ2n) is 7.13. The van der Waals surface area contributed by atoms with Gasteiger partial charge in [0.15, 0.2) is 6.10 Å². The standard InChI is InChI=1S/C22H24N2O4/c1-2-15-8-6-7-11-18(15)28-17-12-24(13-17)22(26)21-20(23-19(25)14-27-21)16-9-4-3-5-10-16/h3-11,17,20-21H,2,12-14H2,1H3,(H,23,25)/t20-,21+/m1/s1. The van der Waals surface area contributed by atoms with Gasteiger partial charge in [0.1, 0.15) is 18.5 Å². The Morgan fingerprint density at radius 2 is 1.86 bits per heavy atom. The summed E-state index contributed by atoms with van der Waals surface area (Å²) in [5.41, 5.74) is 2.02. The van der Waals surface area contributed by atoms with Crippen LogP contribution >= 0.6 is 0 Å². The summed E-state index contributed by atoms with van der Waals surface area (Å²) in [6, 6.07) is 17.0. The van der Waals surface area contributed by atoms with Crippen LogP contribution in [0.15, 0.2) is 54.6 Å². The van der Waals surface area contributed by atoms with E-state index in [1.54, 1.807) is 4.90 Å². The number of rotatable bonds is 5. The highest BCUT2D eigenvalue weighted by molar-refractivity contribution is 5.87. The van der Waals surface area contributed by atoms with Crippen molar-refractivity contribution in [2.45, 2.75) is 31.6 Å². The molecule has 2 saturated heterocycles. The highest BCUT2D eigenvalue weighted by Crippen LogP contribution is 2.27. The lowest BCUT2D eigenvalue weighted by Gasteiger charge is -2.42. The number of nitrogens with one attached hydrogen (secondary N) is 1. The maximum Gasteiger partial charge on any atom is 0.254 e. The Hall–Kier alpha value is -2.86. The minimum absolute atomic E-state index is 0.0231. The quantitative estimate of drug-likeness (QED) is 0.863. The third kappa shape index (κ3) is 3.73. The van der Waals surface area contributed by atoms with E-state index in [-0.39, 0.29) is 24.5 Å². The molecule has 2 aromatic rings. The van der Waals surface area contributed by atoms with Crippen LogP contribution in [0.1, 0.15) is 24.1 Å². The summed E-state index contributed by atoms with van der Waals surface area (Å²) in [5.74, 6) is 0.557. The van der Waals surface area contributed by atoms with Crippen molar-refractivity contribution < 1.29 is 19.1 Å². The molecule has 2 heterocycles. The normalized spacial score (nSPS) is 22.3. The van der Waals surface area contributed by atoms with Gasteiger partial charge in [-0.1, -0.05) is 55.5 Å². The van der Waals surface area contributed by atoms with Crippen molar-refractivity contribution in [2.24, 2.45) is 0 Å². The molecule has 2 amide bonds. The number of morpholine rings is 1. The van der Waals surface area contributed by atoms with E-state index in [0.29, 0.717) is 13.1 Å². The lowest BCUT2D eigenvalue weighted by Crippen LogP contribution is -2.62.